The highest BCUT2D eigenvalue weighted by Gasteiger charge is 2.77. The summed E-state index contributed by atoms with van der Waals surface area (Å²) in [6, 6.07) is 1.14. The molecule has 0 amide bonds. The van der Waals surface area contributed by atoms with Crippen LogP contribution in [-0.2, 0) is 0 Å². The molecule has 14 heavy (non-hydrogen) atoms. The Morgan fingerprint density at radius 3 is 2.57 bits per heavy atom. The van der Waals surface area contributed by atoms with Crippen molar-refractivity contribution in [3.8, 4) is 0 Å². The molecule has 1 nitrogen and oxygen atoms in total. The van der Waals surface area contributed by atoms with Crippen LogP contribution in [0.4, 0.5) is 0 Å². The van der Waals surface area contributed by atoms with Crippen LogP contribution in [-0.4, -0.2) is 13.1 Å². The largest absolute Gasteiger partial charge is 0.431 e. The molecule has 2 fully saturated rings. The molecule has 0 spiro atoms. The van der Waals surface area contributed by atoms with Crippen molar-refractivity contribution in [3.05, 3.63) is 0 Å². The van der Waals surface area contributed by atoms with E-state index < -0.39 is 8.32 Å². The van der Waals surface area contributed by atoms with Gasteiger partial charge < -0.3 is 4.80 Å². The van der Waals surface area contributed by atoms with E-state index in [9.17, 15) is 4.80 Å². The van der Waals surface area contributed by atoms with Gasteiger partial charge in [0.1, 0.15) is 0 Å². The summed E-state index contributed by atoms with van der Waals surface area (Å²) in [5, 5.41) is 0.376. The normalized spacial score (nSPS) is 56.8. The van der Waals surface area contributed by atoms with Crippen molar-refractivity contribution in [3.63, 3.8) is 0 Å². The lowest BCUT2D eigenvalue weighted by atomic mass is 9.75. The molecule has 1 saturated carbocycles. The van der Waals surface area contributed by atoms with Gasteiger partial charge in [-0.05, 0) is 28.5 Å². The van der Waals surface area contributed by atoms with Crippen LogP contribution in [0.5, 0.6) is 0 Å². The van der Waals surface area contributed by atoms with Gasteiger partial charge in [-0.15, -0.1) is 0 Å². The van der Waals surface area contributed by atoms with Crippen molar-refractivity contribution in [1.29, 1.82) is 0 Å². The average molecular weight is 212 g/mol. The van der Waals surface area contributed by atoms with Crippen LogP contribution in [0.1, 0.15) is 47.0 Å². The van der Waals surface area contributed by atoms with Crippen LogP contribution in [0, 0.1) is 11.8 Å². The third-order valence-electron chi connectivity index (χ3n) is 5.49. The fourth-order valence-electron chi connectivity index (χ4n) is 4.14. The second-order valence-corrected chi connectivity index (χ2v) is 9.98. The maximum Gasteiger partial charge on any atom is 0.198 e. The summed E-state index contributed by atoms with van der Waals surface area (Å²) in [7, 11) is -1.83. The second kappa shape index (κ2) is 3.08. The Bertz CT molecular complexity index is 242. The molecule has 1 aliphatic carbocycles. The zero-order chi connectivity index (χ0) is 10.6. The molecule has 2 rings (SSSR count). The van der Waals surface area contributed by atoms with Gasteiger partial charge in [-0.1, -0.05) is 47.0 Å². The van der Waals surface area contributed by atoms with Crippen molar-refractivity contribution in [1.82, 2.24) is 0 Å². The molecule has 1 N–H and O–H groups in total. The predicted octanol–water partition coefficient (Wildman–Crippen LogP) is 3.54. The lowest BCUT2D eigenvalue weighted by Gasteiger charge is -2.32. The summed E-state index contributed by atoms with van der Waals surface area (Å²) < 4.78 is 0. The standard InChI is InChI=1S/C12H24OSi/c1-5-8-14(13)11-7-6-9(2)10(3)12(11,14)4/h9-11,13H,5-8H2,1-4H3. The Morgan fingerprint density at radius 1 is 1.36 bits per heavy atom. The Morgan fingerprint density at radius 2 is 2.00 bits per heavy atom. The zero-order valence-electron chi connectivity index (χ0n) is 10.0. The predicted molar refractivity (Wildman–Crippen MR) is 62.7 cm³/mol. The summed E-state index contributed by atoms with van der Waals surface area (Å²) in [4.78, 5) is 10.8. The minimum Gasteiger partial charge on any atom is -0.431 e. The molecular formula is C12H24OSi. The first kappa shape index (κ1) is 10.7. The SMILES string of the molecule is CCC[Si]1(O)C2CCC(C)C(C)C21C. The van der Waals surface area contributed by atoms with E-state index in [-0.39, 0.29) is 0 Å². The third kappa shape index (κ3) is 1.04. The number of hydrogen-bond acceptors (Lipinski definition) is 1. The maximum atomic E-state index is 10.8. The highest BCUT2D eigenvalue weighted by atomic mass is 28.4. The number of hydrogen-bond donors (Lipinski definition) is 1. The summed E-state index contributed by atoms with van der Waals surface area (Å²) in [5.74, 6) is 1.58. The first-order chi connectivity index (χ1) is 6.48. The smallest absolute Gasteiger partial charge is 0.198 e. The van der Waals surface area contributed by atoms with Crippen molar-refractivity contribution in [2.24, 2.45) is 11.8 Å². The summed E-state index contributed by atoms with van der Waals surface area (Å²) in [6.45, 7) is 9.33. The molecule has 5 unspecified atom stereocenters. The van der Waals surface area contributed by atoms with Gasteiger partial charge in [0.05, 0.1) is 0 Å². The first-order valence-electron chi connectivity index (χ1n) is 6.20. The molecular weight excluding hydrogens is 188 g/mol. The van der Waals surface area contributed by atoms with Crippen LogP contribution in [0.15, 0.2) is 0 Å². The third-order valence-corrected chi connectivity index (χ3v) is 11.2. The van der Waals surface area contributed by atoms with Gasteiger partial charge in [-0.2, -0.15) is 0 Å². The van der Waals surface area contributed by atoms with Crippen LogP contribution >= 0.6 is 0 Å². The van der Waals surface area contributed by atoms with Crippen molar-refractivity contribution in [2.45, 2.75) is 63.6 Å². The first-order valence-corrected chi connectivity index (χ1v) is 8.44. The van der Waals surface area contributed by atoms with Gasteiger partial charge in [0.2, 0.25) is 0 Å². The van der Waals surface area contributed by atoms with Gasteiger partial charge in [0, 0.05) is 0 Å². The van der Waals surface area contributed by atoms with E-state index in [4.69, 9.17) is 0 Å². The van der Waals surface area contributed by atoms with E-state index in [0.717, 1.165) is 23.4 Å². The molecule has 0 bridgehead atoms. The second-order valence-electron chi connectivity index (χ2n) is 5.85. The van der Waals surface area contributed by atoms with Gasteiger partial charge in [-0.25, -0.2) is 0 Å². The zero-order valence-corrected chi connectivity index (χ0v) is 11.0. The number of fused-ring (bicyclic) bond motifs is 1. The fourth-order valence-corrected chi connectivity index (χ4v) is 10.0. The summed E-state index contributed by atoms with van der Waals surface area (Å²) >= 11 is 0. The quantitative estimate of drug-likeness (QED) is 0.694. The van der Waals surface area contributed by atoms with Crippen LogP contribution in [0.25, 0.3) is 0 Å². The van der Waals surface area contributed by atoms with Crippen LogP contribution < -0.4 is 0 Å². The van der Waals surface area contributed by atoms with E-state index in [1.807, 2.05) is 0 Å². The average Bonchev–Trinajstić information content (AvgIpc) is 2.60. The maximum absolute atomic E-state index is 10.8. The number of rotatable bonds is 2. The molecule has 2 heteroatoms. The van der Waals surface area contributed by atoms with Crippen molar-refractivity contribution >= 4 is 8.32 Å². The van der Waals surface area contributed by atoms with Crippen molar-refractivity contribution in [2.75, 3.05) is 0 Å². The fraction of sp³-hybridized carbons (Fsp3) is 1.00. The monoisotopic (exact) mass is 212 g/mol. The van der Waals surface area contributed by atoms with E-state index in [1.165, 1.54) is 19.3 Å². The Hall–Kier alpha value is 0.177. The minimum atomic E-state index is -1.83. The molecule has 5 atom stereocenters. The molecule has 1 aliphatic heterocycles. The molecule has 1 heterocycles. The molecule has 2 aliphatic rings. The topological polar surface area (TPSA) is 20.2 Å². The lowest BCUT2D eigenvalue weighted by molar-refractivity contribution is 0.251. The van der Waals surface area contributed by atoms with Crippen molar-refractivity contribution < 1.29 is 4.80 Å². The summed E-state index contributed by atoms with van der Waals surface area (Å²) in [6.07, 6.45) is 3.83. The van der Waals surface area contributed by atoms with Crippen LogP contribution in [0.3, 0.4) is 0 Å². The highest BCUT2D eigenvalue weighted by Crippen LogP contribution is 2.80. The van der Waals surface area contributed by atoms with Crippen LogP contribution in [0.2, 0.25) is 16.6 Å². The molecule has 1 saturated heterocycles. The van der Waals surface area contributed by atoms with E-state index in [2.05, 4.69) is 27.7 Å². The molecule has 0 aromatic heterocycles. The molecule has 0 aromatic carbocycles. The Balaban J connectivity index is 2.20. The minimum absolute atomic E-state index is 0.376. The Labute approximate surface area is 89.0 Å². The molecule has 82 valence electrons. The molecule has 0 aromatic rings. The van der Waals surface area contributed by atoms with Gasteiger partial charge in [-0.3, -0.25) is 0 Å². The van der Waals surface area contributed by atoms with Gasteiger partial charge in [0.15, 0.2) is 8.32 Å². The van der Waals surface area contributed by atoms with Gasteiger partial charge in [0.25, 0.3) is 0 Å². The van der Waals surface area contributed by atoms with E-state index in [0.29, 0.717) is 5.04 Å². The van der Waals surface area contributed by atoms with E-state index in [1.54, 1.807) is 0 Å². The molecule has 0 radical (unpaired) electrons. The van der Waals surface area contributed by atoms with Gasteiger partial charge >= 0.3 is 0 Å². The van der Waals surface area contributed by atoms with E-state index >= 15 is 0 Å². The Kier molecular flexibility index (Phi) is 2.35. The lowest BCUT2D eigenvalue weighted by Crippen LogP contribution is -2.26. The highest BCUT2D eigenvalue weighted by molar-refractivity contribution is 6.88. The summed E-state index contributed by atoms with van der Waals surface area (Å²) in [5.41, 5.74) is 0.737.